The van der Waals surface area contributed by atoms with Gasteiger partial charge in [-0.25, -0.2) is 8.51 Å². The highest BCUT2D eigenvalue weighted by molar-refractivity contribution is 7.85. The molecule has 25 heavy (non-hydrogen) atoms. The Balaban J connectivity index is 1.79. The van der Waals surface area contributed by atoms with E-state index in [9.17, 15) is 9.00 Å². The zero-order valence-electron chi connectivity index (χ0n) is 15.6. The third-order valence-electron chi connectivity index (χ3n) is 5.45. The molecule has 0 aromatic rings. The van der Waals surface area contributed by atoms with Crippen LogP contribution in [0.25, 0.3) is 0 Å². The molecular weight excluding hydrogens is 336 g/mol. The summed E-state index contributed by atoms with van der Waals surface area (Å²) in [5.41, 5.74) is 5.63. The van der Waals surface area contributed by atoms with Crippen molar-refractivity contribution in [2.75, 3.05) is 26.3 Å². The van der Waals surface area contributed by atoms with E-state index in [0.717, 1.165) is 32.4 Å². The second kappa shape index (κ2) is 10.4. The molecule has 1 unspecified atom stereocenters. The highest BCUT2D eigenvalue weighted by atomic mass is 32.2. The van der Waals surface area contributed by atoms with E-state index in [-0.39, 0.29) is 0 Å². The molecule has 2 rings (SSSR count). The summed E-state index contributed by atoms with van der Waals surface area (Å²) in [5.74, 6) is 0.127. The molecule has 2 aliphatic heterocycles. The lowest BCUT2D eigenvalue weighted by atomic mass is 9.97. The molecule has 2 saturated heterocycles. The molecule has 2 N–H and O–H groups in total. The molecule has 0 spiro atoms. The summed E-state index contributed by atoms with van der Waals surface area (Å²) in [5, 5.41) is 0. The Kier molecular flexibility index (Phi) is 8.59. The van der Waals surface area contributed by atoms with Gasteiger partial charge >= 0.3 is 0 Å². The number of amides is 1. The fraction of sp³-hybridized carbons (Fsp3) is 0.842. The maximum Gasteiger partial charge on any atom is 0.237 e. The number of carbonyl (C=O) groups excluding carboxylic acids is 1. The van der Waals surface area contributed by atoms with E-state index >= 15 is 0 Å². The Morgan fingerprint density at radius 1 is 1.24 bits per heavy atom. The van der Waals surface area contributed by atoms with E-state index in [1.54, 1.807) is 0 Å². The van der Waals surface area contributed by atoms with Crippen molar-refractivity contribution in [3.8, 4) is 0 Å². The summed E-state index contributed by atoms with van der Waals surface area (Å²) in [6.45, 7) is 4.70. The Morgan fingerprint density at radius 3 is 2.52 bits per heavy atom. The standard InChI is InChI=1S/C19H34N2O3S/c1-2-3-4-5-6-7-8-17-9-13-21(14-10-17)25(23)19(18(20)22)11-15-24-16-12-19/h7-8,17H,2-6,9-16H2,1H3,(H2,20,22)/b8-7-. The molecule has 0 bridgehead atoms. The monoisotopic (exact) mass is 370 g/mol. The van der Waals surface area contributed by atoms with Gasteiger partial charge in [0.25, 0.3) is 0 Å². The van der Waals surface area contributed by atoms with Gasteiger partial charge in [-0.1, -0.05) is 38.3 Å². The van der Waals surface area contributed by atoms with Gasteiger partial charge in [-0.05, 0) is 44.4 Å². The molecule has 5 nitrogen and oxygen atoms in total. The lowest BCUT2D eigenvalue weighted by molar-refractivity contribution is -0.122. The number of carbonyl (C=O) groups is 1. The van der Waals surface area contributed by atoms with E-state index in [1.165, 1.54) is 25.7 Å². The van der Waals surface area contributed by atoms with Crippen molar-refractivity contribution in [3.63, 3.8) is 0 Å². The van der Waals surface area contributed by atoms with Crippen LogP contribution in [0.1, 0.15) is 64.7 Å². The molecule has 1 atom stereocenters. The molecule has 2 fully saturated rings. The summed E-state index contributed by atoms with van der Waals surface area (Å²) in [6.07, 6.45) is 13.9. The molecule has 144 valence electrons. The quantitative estimate of drug-likeness (QED) is 0.501. The van der Waals surface area contributed by atoms with Crippen molar-refractivity contribution in [1.82, 2.24) is 4.31 Å². The number of rotatable bonds is 9. The van der Waals surface area contributed by atoms with E-state index in [2.05, 4.69) is 19.1 Å². The van der Waals surface area contributed by atoms with Gasteiger partial charge < -0.3 is 10.5 Å². The third kappa shape index (κ3) is 5.63. The van der Waals surface area contributed by atoms with Crippen molar-refractivity contribution in [2.45, 2.75) is 69.5 Å². The second-order valence-corrected chi connectivity index (χ2v) is 9.06. The van der Waals surface area contributed by atoms with Gasteiger partial charge in [-0.15, -0.1) is 0 Å². The van der Waals surface area contributed by atoms with Gasteiger partial charge in [-0.3, -0.25) is 4.79 Å². The minimum absolute atomic E-state index is 0.441. The number of unbranched alkanes of at least 4 members (excludes halogenated alkanes) is 4. The molecule has 2 heterocycles. The number of nitrogens with zero attached hydrogens (tertiary/aromatic N) is 1. The van der Waals surface area contributed by atoms with Crippen LogP contribution in [0.3, 0.4) is 0 Å². The third-order valence-corrected chi connectivity index (χ3v) is 7.56. The van der Waals surface area contributed by atoms with E-state index in [1.807, 2.05) is 4.31 Å². The van der Waals surface area contributed by atoms with Crippen LogP contribution in [-0.2, 0) is 20.5 Å². The minimum atomic E-state index is -1.35. The predicted molar refractivity (Wildman–Crippen MR) is 102 cm³/mol. The van der Waals surface area contributed by atoms with Gasteiger partial charge in [0.2, 0.25) is 5.91 Å². The van der Waals surface area contributed by atoms with E-state index in [4.69, 9.17) is 10.5 Å². The summed E-state index contributed by atoms with van der Waals surface area (Å²) in [7, 11) is -1.35. The molecule has 1 amide bonds. The van der Waals surface area contributed by atoms with Crippen molar-refractivity contribution >= 4 is 16.9 Å². The molecule has 2 aliphatic rings. The van der Waals surface area contributed by atoms with Crippen LogP contribution in [0.5, 0.6) is 0 Å². The van der Waals surface area contributed by atoms with Crippen molar-refractivity contribution < 1.29 is 13.7 Å². The summed E-state index contributed by atoms with van der Waals surface area (Å²) in [6, 6.07) is 0. The molecule has 6 heteroatoms. The number of ether oxygens (including phenoxy) is 1. The Morgan fingerprint density at radius 2 is 1.92 bits per heavy atom. The largest absolute Gasteiger partial charge is 0.381 e. The zero-order valence-corrected chi connectivity index (χ0v) is 16.4. The first-order valence-electron chi connectivity index (χ1n) is 9.81. The molecule has 0 radical (unpaired) electrons. The van der Waals surface area contributed by atoms with Crippen LogP contribution in [0, 0.1) is 5.92 Å². The topological polar surface area (TPSA) is 72.6 Å². The lowest BCUT2D eigenvalue weighted by Crippen LogP contribution is -2.56. The van der Waals surface area contributed by atoms with E-state index in [0.29, 0.717) is 32.0 Å². The smallest absolute Gasteiger partial charge is 0.237 e. The fourth-order valence-corrected chi connectivity index (χ4v) is 5.39. The van der Waals surface area contributed by atoms with Crippen LogP contribution < -0.4 is 5.73 Å². The average Bonchev–Trinajstić information content (AvgIpc) is 2.65. The van der Waals surface area contributed by atoms with Crippen LogP contribution in [0.4, 0.5) is 0 Å². The molecule has 0 aliphatic carbocycles. The Bertz CT molecular complexity index is 467. The lowest BCUT2D eigenvalue weighted by Gasteiger charge is -2.39. The molecule has 0 aromatic carbocycles. The van der Waals surface area contributed by atoms with Crippen LogP contribution in [0.2, 0.25) is 0 Å². The number of nitrogens with two attached hydrogens (primary N) is 1. The zero-order chi connectivity index (χ0) is 18.1. The van der Waals surface area contributed by atoms with Gasteiger partial charge in [0.05, 0.1) is 0 Å². The van der Waals surface area contributed by atoms with Crippen LogP contribution in [0.15, 0.2) is 12.2 Å². The second-order valence-electron chi connectivity index (χ2n) is 7.26. The maximum atomic E-state index is 13.0. The average molecular weight is 371 g/mol. The van der Waals surface area contributed by atoms with Crippen molar-refractivity contribution in [3.05, 3.63) is 12.2 Å². The molecular formula is C19H34N2O3S. The maximum absolute atomic E-state index is 13.0. The number of piperidine rings is 1. The van der Waals surface area contributed by atoms with E-state index < -0.39 is 21.6 Å². The number of hydrogen-bond donors (Lipinski definition) is 1. The fourth-order valence-electron chi connectivity index (χ4n) is 3.67. The van der Waals surface area contributed by atoms with Gasteiger partial charge in [0.15, 0.2) is 0 Å². The first-order valence-corrected chi connectivity index (χ1v) is 10.9. The SMILES string of the molecule is CCCCCC/C=C\C1CCN(S(=O)C2(C(N)=O)CCOCC2)CC1. The van der Waals surface area contributed by atoms with Gasteiger partial charge in [-0.2, -0.15) is 0 Å². The highest BCUT2D eigenvalue weighted by Gasteiger charge is 2.47. The van der Waals surface area contributed by atoms with Crippen molar-refractivity contribution in [2.24, 2.45) is 11.7 Å². The highest BCUT2D eigenvalue weighted by Crippen LogP contribution is 2.31. The molecule has 0 saturated carbocycles. The van der Waals surface area contributed by atoms with Crippen molar-refractivity contribution in [1.29, 1.82) is 0 Å². The predicted octanol–water partition coefficient (Wildman–Crippen LogP) is 2.92. The van der Waals surface area contributed by atoms with Crippen LogP contribution in [-0.4, -0.2) is 45.5 Å². The number of hydrogen-bond acceptors (Lipinski definition) is 3. The number of primary amides is 1. The first kappa shape index (κ1) is 20.6. The van der Waals surface area contributed by atoms with Gasteiger partial charge in [0.1, 0.15) is 15.7 Å². The van der Waals surface area contributed by atoms with Crippen LogP contribution >= 0.6 is 0 Å². The Hall–Kier alpha value is -0.720. The normalized spacial score (nSPS) is 23.7. The van der Waals surface area contributed by atoms with Gasteiger partial charge in [0, 0.05) is 26.3 Å². The molecule has 0 aromatic heterocycles. The number of allylic oxidation sites excluding steroid dienone is 2. The minimum Gasteiger partial charge on any atom is -0.381 e. The summed E-state index contributed by atoms with van der Waals surface area (Å²) >= 11 is 0. The first-order chi connectivity index (χ1) is 12.1. The summed E-state index contributed by atoms with van der Waals surface area (Å²) < 4.78 is 19.4. The Labute approximate surface area is 154 Å². The summed E-state index contributed by atoms with van der Waals surface area (Å²) in [4.78, 5) is 12.0.